The molecular weight excluding hydrogens is 204 g/mol. The van der Waals surface area contributed by atoms with Crippen LogP contribution in [0.5, 0.6) is 0 Å². The lowest BCUT2D eigenvalue weighted by Gasteiger charge is -2.40. The normalized spacial score (nSPS) is 35.1. The molecule has 0 saturated heterocycles. The van der Waals surface area contributed by atoms with Crippen LogP contribution in [0.2, 0.25) is 0 Å². The molecule has 0 unspecified atom stereocenters. The molecule has 2 saturated carbocycles. The monoisotopic (exact) mass is 224 g/mol. The van der Waals surface area contributed by atoms with Gasteiger partial charge in [0.15, 0.2) is 0 Å². The van der Waals surface area contributed by atoms with Crippen LogP contribution in [0, 0.1) is 11.3 Å². The van der Waals surface area contributed by atoms with Gasteiger partial charge in [0.05, 0.1) is 12.5 Å². The van der Waals surface area contributed by atoms with Crippen molar-refractivity contribution < 1.29 is 14.3 Å². The number of fused-ring (bicyclic) bond motifs is 1. The molecule has 3 heteroatoms. The van der Waals surface area contributed by atoms with Gasteiger partial charge in [-0.2, -0.15) is 0 Å². The number of carbonyl (C=O) groups is 2. The molecule has 0 radical (unpaired) electrons. The van der Waals surface area contributed by atoms with Crippen molar-refractivity contribution in [1.29, 1.82) is 0 Å². The number of Topliss-reactive ketones (excluding diaryl/α,β-unsaturated/α-hetero) is 1. The smallest absolute Gasteiger partial charge is 0.312 e. The molecule has 3 nitrogen and oxygen atoms in total. The Morgan fingerprint density at radius 3 is 2.88 bits per heavy atom. The van der Waals surface area contributed by atoms with E-state index < -0.39 is 0 Å². The fraction of sp³-hybridized carbons (Fsp3) is 0.846. The standard InChI is InChI=1S/C13H20O3/c1-16-12(15)13-7-4-2-3-5-10(13)9-11(14)6-8-13/h10H,2-9H2,1H3/t10-,13+/m0/s1. The number of ketones is 1. The van der Waals surface area contributed by atoms with Crippen molar-refractivity contribution in [3.63, 3.8) is 0 Å². The van der Waals surface area contributed by atoms with E-state index in [4.69, 9.17) is 4.74 Å². The minimum atomic E-state index is -0.334. The maximum absolute atomic E-state index is 12.0. The second-order valence-electron chi connectivity index (χ2n) is 5.19. The van der Waals surface area contributed by atoms with E-state index in [2.05, 4.69) is 0 Å². The first-order chi connectivity index (χ1) is 7.69. The summed E-state index contributed by atoms with van der Waals surface area (Å²) in [7, 11) is 1.47. The molecule has 0 aromatic heterocycles. The number of methoxy groups -OCH3 is 1. The SMILES string of the molecule is COC(=O)[C@@]12CCCCC[C@H]1CC(=O)CC2. The minimum absolute atomic E-state index is 0.0769. The first kappa shape index (κ1) is 11.6. The second kappa shape index (κ2) is 4.56. The molecule has 0 aliphatic heterocycles. The van der Waals surface area contributed by atoms with Gasteiger partial charge in [0.25, 0.3) is 0 Å². The zero-order chi connectivity index (χ0) is 11.6. The first-order valence-electron chi connectivity index (χ1n) is 6.29. The number of hydrogen-bond donors (Lipinski definition) is 0. The van der Waals surface area contributed by atoms with Gasteiger partial charge in [0.2, 0.25) is 0 Å². The van der Waals surface area contributed by atoms with Crippen LogP contribution in [-0.4, -0.2) is 18.9 Å². The molecule has 0 N–H and O–H groups in total. The summed E-state index contributed by atoms with van der Waals surface area (Å²) in [5, 5.41) is 0. The van der Waals surface area contributed by atoms with Gasteiger partial charge in [0.1, 0.15) is 5.78 Å². The van der Waals surface area contributed by atoms with E-state index in [-0.39, 0.29) is 17.3 Å². The molecule has 0 aromatic rings. The molecule has 2 fully saturated rings. The van der Waals surface area contributed by atoms with Crippen molar-refractivity contribution in [3.8, 4) is 0 Å². The summed E-state index contributed by atoms with van der Waals surface area (Å²) in [6.45, 7) is 0. The Hall–Kier alpha value is -0.860. The van der Waals surface area contributed by atoms with Crippen LogP contribution in [0.25, 0.3) is 0 Å². The van der Waals surface area contributed by atoms with E-state index in [1.807, 2.05) is 0 Å². The summed E-state index contributed by atoms with van der Waals surface area (Å²) in [5.74, 6) is 0.488. The fourth-order valence-electron chi connectivity index (χ4n) is 3.43. The molecule has 0 spiro atoms. The van der Waals surface area contributed by atoms with Crippen LogP contribution in [0.1, 0.15) is 51.4 Å². The van der Waals surface area contributed by atoms with Crippen molar-refractivity contribution in [1.82, 2.24) is 0 Å². The quantitative estimate of drug-likeness (QED) is 0.643. The Bertz CT molecular complexity index is 298. The maximum atomic E-state index is 12.0. The van der Waals surface area contributed by atoms with Crippen molar-refractivity contribution >= 4 is 11.8 Å². The van der Waals surface area contributed by atoms with Gasteiger partial charge in [-0.25, -0.2) is 0 Å². The Kier molecular flexibility index (Phi) is 3.31. The molecule has 0 aromatic carbocycles. The third-order valence-corrected chi connectivity index (χ3v) is 4.37. The fourth-order valence-corrected chi connectivity index (χ4v) is 3.43. The average Bonchev–Trinajstić information content (AvgIpc) is 2.50. The van der Waals surface area contributed by atoms with Gasteiger partial charge in [-0.05, 0) is 25.2 Å². The van der Waals surface area contributed by atoms with E-state index in [1.54, 1.807) is 0 Å². The number of ether oxygens (including phenoxy) is 1. The Labute approximate surface area is 96.5 Å². The third kappa shape index (κ3) is 1.87. The van der Waals surface area contributed by atoms with Crippen LogP contribution in [0.3, 0.4) is 0 Å². The van der Waals surface area contributed by atoms with Gasteiger partial charge >= 0.3 is 5.97 Å². The Balaban J connectivity index is 2.26. The van der Waals surface area contributed by atoms with Crippen LogP contribution in [-0.2, 0) is 14.3 Å². The lowest BCUT2D eigenvalue weighted by Crippen LogP contribution is -2.43. The summed E-state index contributed by atoms with van der Waals surface area (Å²) in [4.78, 5) is 23.6. The van der Waals surface area contributed by atoms with Gasteiger partial charge in [0, 0.05) is 12.8 Å². The summed E-state index contributed by atoms with van der Waals surface area (Å²) < 4.78 is 4.99. The molecule has 90 valence electrons. The molecule has 16 heavy (non-hydrogen) atoms. The summed E-state index contributed by atoms with van der Waals surface area (Å²) in [5.41, 5.74) is -0.334. The molecule has 2 aliphatic rings. The van der Waals surface area contributed by atoms with E-state index in [1.165, 1.54) is 13.5 Å². The summed E-state index contributed by atoms with van der Waals surface area (Å²) in [6, 6.07) is 0. The topological polar surface area (TPSA) is 43.4 Å². The zero-order valence-corrected chi connectivity index (χ0v) is 9.96. The molecule has 0 amide bonds. The summed E-state index contributed by atoms with van der Waals surface area (Å²) in [6.07, 6.45) is 7.22. The van der Waals surface area contributed by atoms with Crippen molar-refractivity contribution in [2.75, 3.05) is 7.11 Å². The number of carbonyl (C=O) groups excluding carboxylic acids is 2. The van der Waals surface area contributed by atoms with E-state index in [0.717, 1.165) is 25.7 Å². The predicted octanol–water partition coefficient (Wildman–Crippen LogP) is 2.48. The number of hydrogen-bond acceptors (Lipinski definition) is 3. The lowest BCUT2D eigenvalue weighted by atomic mass is 9.63. The maximum Gasteiger partial charge on any atom is 0.312 e. The highest BCUT2D eigenvalue weighted by molar-refractivity contribution is 5.85. The van der Waals surface area contributed by atoms with Crippen molar-refractivity contribution in [3.05, 3.63) is 0 Å². The zero-order valence-electron chi connectivity index (χ0n) is 9.96. The summed E-state index contributed by atoms with van der Waals surface area (Å²) >= 11 is 0. The predicted molar refractivity (Wildman–Crippen MR) is 59.9 cm³/mol. The van der Waals surface area contributed by atoms with Crippen LogP contribution < -0.4 is 0 Å². The minimum Gasteiger partial charge on any atom is -0.469 e. The molecular formula is C13H20O3. The number of esters is 1. The van der Waals surface area contributed by atoms with Crippen LogP contribution >= 0.6 is 0 Å². The van der Waals surface area contributed by atoms with Crippen molar-refractivity contribution in [2.24, 2.45) is 11.3 Å². The second-order valence-corrected chi connectivity index (χ2v) is 5.19. The molecule has 2 rings (SSSR count). The van der Waals surface area contributed by atoms with E-state index >= 15 is 0 Å². The molecule has 2 atom stereocenters. The van der Waals surface area contributed by atoms with Gasteiger partial charge in [-0.3, -0.25) is 9.59 Å². The first-order valence-corrected chi connectivity index (χ1v) is 6.29. The lowest BCUT2D eigenvalue weighted by molar-refractivity contribution is -0.160. The van der Waals surface area contributed by atoms with Crippen LogP contribution in [0.4, 0.5) is 0 Å². The Morgan fingerprint density at radius 2 is 2.12 bits per heavy atom. The number of rotatable bonds is 1. The van der Waals surface area contributed by atoms with Crippen LogP contribution in [0.15, 0.2) is 0 Å². The largest absolute Gasteiger partial charge is 0.469 e. The highest BCUT2D eigenvalue weighted by Crippen LogP contribution is 2.49. The average molecular weight is 224 g/mol. The highest BCUT2D eigenvalue weighted by atomic mass is 16.5. The van der Waals surface area contributed by atoms with E-state index in [0.29, 0.717) is 25.0 Å². The van der Waals surface area contributed by atoms with Gasteiger partial charge in [-0.1, -0.05) is 19.3 Å². The molecule has 0 heterocycles. The van der Waals surface area contributed by atoms with E-state index in [9.17, 15) is 9.59 Å². The molecule has 2 aliphatic carbocycles. The van der Waals surface area contributed by atoms with Crippen molar-refractivity contribution in [2.45, 2.75) is 51.4 Å². The Morgan fingerprint density at radius 1 is 1.31 bits per heavy atom. The highest BCUT2D eigenvalue weighted by Gasteiger charge is 2.49. The van der Waals surface area contributed by atoms with Gasteiger partial charge < -0.3 is 4.74 Å². The van der Waals surface area contributed by atoms with Gasteiger partial charge in [-0.15, -0.1) is 0 Å². The third-order valence-electron chi connectivity index (χ3n) is 4.37. The molecule has 0 bridgehead atoms.